The number of carbonyl (C=O) groups is 8. The van der Waals surface area contributed by atoms with Crippen LogP contribution in [0.25, 0.3) is 21.7 Å². The number of carbonyl (C=O) groups excluding carboxylic acids is 7. The van der Waals surface area contributed by atoms with Gasteiger partial charge in [-0.15, -0.1) is 11.3 Å². The first-order valence-electron chi connectivity index (χ1n) is 28.8. The van der Waals surface area contributed by atoms with E-state index in [1.807, 2.05) is 59.5 Å². The van der Waals surface area contributed by atoms with Gasteiger partial charge >= 0.3 is 11.9 Å². The Kier molecular flexibility index (Phi) is 21.7. The van der Waals surface area contributed by atoms with Gasteiger partial charge in [0, 0.05) is 61.6 Å². The van der Waals surface area contributed by atoms with Crippen molar-refractivity contribution in [2.45, 2.75) is 124 Å². The number of esters is 1. The number of rotatable bonds is 28. The van der Waals surface area contributed by atoms with Gasteiger partial charge in [0.25, 0.3) is 0 Å². The molecular weight excluding hydrogens is 1120 g/mol. The summed E-state index contributed by atoms with van der Waals surface area (Å²) in [5.74, 6) is -1.66. The summed E-state index contributed by atoms with van der Waals surface area (Å²) in [6.07, 6.45) is 3.39. The molecule has 2 aliphatic heterocycles. The molecule has 0 saturated carbocycles. The van der Waals surface area contributed by atoms with E-state index in [9.17, 15) is 38.4 Å². The number of anilines is 2. The second kappa shape index (κ2) is 29.7. The Morgan fingerprint density at radius 1 is 0.640 bits per heavy atom. The highest BCUT2D eigenvalue weighted by molar-refractivity contribution is 7.20. The smallest absolute Gasteiger partial charge is 0.306 e. The number of ether oxygens (including phenoxy) is 5. The van der Waals surface area contributed by atoms with Crippen molar-refractivity contribution in [2.24, 2.45) is 5.92 Å². The van der Waals surface area contributed by atoms with E-state index < -0.39 is 35.8 Å². The zero-order valence-electron chi connectivity index (χ0n) is 49.3. The van der Waals surface area contributed by atoms with Crippen LogP contribution in [-0.4, -0.2) is 96.8 Å². The first-order chi connectivity index (χ1) is 41.4. The molecule has 0 aliphatic carbocycles. The van der Waals surface area contributed by atoms with Gasteiger partial charge in [-0.2, -0.15) is 0 Å². The summed E-state index contributed by atoms with van der Waals surface area (Å²) in [6.45, 7) is 8.85. The molecule has 8 rings (SSSR count). The highest BCUT2D eigenvalue weighted by atomic mass is 32.1. The minimum Gasteiger partial charge on any atom is -0.493 e. The molecule has 6 aromatic rings. The van der Waals surface area contributed by atoms with Gasteiger partial charge in [0.15, 0.2) is 28.8 Å². The summed E-state index contributed by atoms with van der Waals surface area (Å²) in [6, 6.07) is 29.7. The molecule has 1 aromatic heterocycles. The maximum Gasteiger partial charge on any atom is 0.306 e. The molecule has 0 bridgehead atoms. The number of hydrogen-bond acceptors (Lipinski definition) is 14. The van der Waals surface area contributed by atoms with E-state index in [1.54, 1.807) is 68.1 Å². The number of nitrogens with one attached hydrogen (secondary N) is 3. The third kappa shape index (κ3) is 16.6. The van der Waals surface area contributed by atoms with Gasteiger partial charge < -0.3 is 54.5 Å². The van der Waals surface area contributed by atoms with Crippen LogP contribution < -0.4 is 39.8 Å². The predicted octanol–water partition coefficient (Wildman–Crippen LogP) is 10.4. The molecule has 0 fully saturated rings. The number of para-hydroxylation sites is 1. The molecule has 452 valence electrons. The topological polar surface area (TPSA) is 246 Å². The Hall–Kier alpha value is -9.04. The number of allylic oxidation sites excluding steroid dienone is 1. The normalized spacial score (nSPS) is 13.8. The zero-order chi connectivity index (χ0) is 61.4. The molecule has 5 aromatic carbocycles. The molecule has 5 amide bonds. The Balaban J connectivity index is 0.712. The van der Waals surface area contributed by atoms with Crippen LogP contribution in [0.3, 0.4) is 0 Å². The monoisotopic (exact) mass is 1190 g/mol. The van der Waals surface area contributed by atoms with Crippen LogP contribution in [0.15, 0.2) is 103 Å². The van der Waals surface area contributed by atoms with Crippen LogP contribution in [0.4, 0.5) is 11.4 Å². The highest BCUT2D eigenvalue weighted by Crippen LogP contribution is 2.39. The highest BCUT2D eigenvalue weighted by Gasteiger charge is 2.29. The lowest BCUT2D eigenvalue weighted by Gasteiger charge is -2.28. The summed E-state index contributed by atoms with van der Waals surface area (Å²) in [7, 11) is 3.06. The van der Waals surface area contributed by atoms with Crippen molar-refractivity contribution in [3.63, 3.8) is 0 Å². The molecule has 0 saturated heterocycles. The van der Waals surface area contributed by atoms with Crippen LogP contribution in [0.5, 0.6) is 23.0 Å². The lowest BCUT2D eigenvalue weighted by Crippen LogP contribution is -2.53. The standard InChI is InChI=1S/C66H73N5O14S/c1-40(2)64(69-59(73)18-11-12-19-61(75)71-38-45-15-7-9-16-50(45)41(3)30-44-14-8-10-17-51(44)71)66(80)67-42(4)65(79)68-49-22-20-43(21-23-49)39-85-63(78)27-25-60(74)70-36-47-32-53(81-5)56(33-48(47)37-70)84-29-13-28-83-55-31-46-34-58(52(72)24-26-62(76)77)86-57(46)35-54(55)82-6/h7-10,14-17,20-23,30-35,40,42,64H,11-13,18-19,24-29,36-39H2,1-6H3,(H,67,80)(H,68,79)(H,69,73)(H,76,77)/b41-30-/t42-,64-/m0/s1. The lowest BCUT2D eigenvalue weighted by molar-refractivity contribution is -0.147. The number of benzene rings is 5. The zero-order valence-corrected chi connectivity index (χ0v) is 50.1. The maximum atomic E-state index is 13.7. The summed E-state index contributed by atoms with van der Waals surface area (Å²) < 4.78 is 29.6. The van der Waals surface area contributed by atoms with E-state index in [0.29, 0.717) is 78.0 Å². The number of amides is 5. The van der Waals surface area contributed by atoms with E-state index >= 15 is 0 Å². The quantitative estimate of drug-likeness (QED) is 0.0203. The van der Waals surface area contributed by atoms with E-state index in [1.165, 1.54) is 25.6 Å². The maximum absolute atomic E-state index is 13.7. The molecule has 4 N–H and O–H groups in total. The number of methoxy groups -OCH3 is 2. The molecule has 86 heavy (non-hydrogen) atoms. The number of unbranched alkanes of at least 4 members (excludes halogenated alkanes) is 1. The average Bonchev–Trinajstić information content (AvgIpc) is 3.10. The molecule has 0 unspecified atom stereocenters. The van der Waals surface area contributed by atoms with E-state index in [2.05, 4.69) is 35.0 Å². The molecule has 2 atom stereocenters. The Labute approximate surface area is 504 Å². The summed E-state index contributed by atoms with van der Waals surface area (Å²) >= 11 is 1.27. The molecule has 2 aliphatic rings. The van der Waals surface area contributed by atoms with Gasteiger partial charge in [0.05, 0.1) is 57.4 Å². The van der Waals surface area contributed by atoms with Gasteiger partial charge in [0.1, 0.15) is 18.7 Å². The number of ketones is 1. The van der Waals surface area contributed by atoms with Crippen molar-refractivity contribution in [2.75, 3.05) is 37.7 Å². The fraction of sp³-hybridized carbons (Fsp3) is 0.364. The number of carboxylic acid groups (broad SMARTS) is 1. The molecule has 0 radical (unpaired) electrons. The molecular formula is C66H73N5O14S. The second-order valence-corrected chi connectivity index (χ2v) is 22.7. The summed E-state index contributed by atoms with van der Waals surface area (Å²) in [4.78, 5) is 107. The second-order valence-electron chi connectivity index (χ2n) is 21.6. The van der Waals surface area contributed by atoms with Crippen LogP contribution in [0.1, 0.15) is 129 Å². The van der Waals surface area contributed by atoms with Crippen LogP contribution in [-0.2, 0) is 64.5 Å². The van der Waals surface area contributed by atoms with E-state index in [4.69, 9.17) is 28.8 Å². The summed E-state index contributed by atoms with van der Waals surface area (Å²) in [5, 5.41) is 18.1. The minimum absolute atomic E-state index is 0.0392. The van der Waals surface area contributed by atoms with Gasteiger partial charge in [-0.25, -0.2) is 0 Å². The van der Waals surface area contributed by atoms with E-state index in [-0.39, 0.29) is 87.8 Å². The third-order valence-electron chi connectivity index (χ3n) is 14.9. The molecule has 0 spiro atoms. The van der Waals surface area contributed by atoms with Crippen molar-refractivity contribution in [1.82, 2.24) is 15.5 Å². The van der Waals surface area contributed by atoms with Crippen LogP contribution in [0.2, 0.25) is 0 Å². The number of thiophene rings is 1. The van der Waals surface area contributed by atoms with Crippen molar-refractivity contribution in [3.05, 3.63) is 141 Å². The van der Waals surface area contributed by atoms with Crippen LogP contribution in [0, 0.1) is 5.92 Å². The number of carboxylic acids is 1. The number of fused-ring (bicyclic) bond motifs is 4. The number of hydrogen-bond donors (Lipinski definition) is 4. The lowest BCUT2D eigenvalue weighted by atomic mass is 9.95. The molecule has 20 heteroatoms. The van der Waals surface area contributed by atoms with Gasteiger partial charge in [0.2, 0.25) is 29.5 Å². The van der Waals surface area contributed by atoms with Crippen molar-refractivity contribution in [3.8, 4) is 23.0 Å². The molecule has 19 nitrogen and oxygen atoms in total. The van der Waals surface area contributed by atoms with Gasteiger partial charge in [-0.3, -0.25) is 38.4 Å². The number of Topliss-reactive ketones (excluding diaryl/α,β-unsaturated/α-hetero) is 1. The fourth-order valence-electron chi connectivity index (χ4n) is 10.1. The van der Waals surface area contributed by atoms with Crippen molar-refractivity contribution < 1.29 is 67.1 Å². The fourth-order valence-corrected chi connectivity index (χ4v) is 11.2. The average molecular weight is 1190 g/mol. The SMILES string of the molecule is COc1cc2c(cc1OCCCOc1cc3cc(C(=O)CCC(=O)O)sc3cc1OC)CN(C(=O)CCC(=O)OCc1ccc(NC(=O)[C@H](C)NC(=O)[C@@H](NC(=O)CCCCC(=O)N3Cc4ccccc4/C(C)=C\c4ccccc43)C(C)C)cc1)C2. The Morgan fingerprint density at radius 3 is 2.01 bits per heavy atom. The number of nitrogens with zero attached hydrogens (tertiary/aromatic N) is 2. The molecule has 3 heterocycles. The third-order valence-corrected chi connectivity index (χ3v) is 16.0. The first-order valence-corrected chi connectivity index (χ1v) is 29.6. The van der Waals surface area contributed by atoms with Crippen LogP contribution >= 0.6 is 11.3 Å². The Morgan fingerprint density at radius 2 is 1.30 bits per heavy atom. The van der Waals surface area contributed by atoms with Gasteiger partial charge in [-0.1, -0.05) is 68.4 Å². The number of aliphatic carboxylic acids is 1. The Bertz CT molecular complexity index is 3520. The first kappa shape index (κ1) is 63.0. The van der Waals surface area contributed by atoms with E-state index in [0.717, 1.165) is 49.2 Å². The van der Waals surface area contributed by atoms with Gasteiger partial charge in [-0.05, 0) is 125 Å². The predicted molar refractivity (Wildman–Crippen MR) is 327 cm³/mol. The summed E-state index contributed by atoms with van der Waals surface area (Å²) in [5.41, 5.74) is 7.97. The van der Waals surface area contributed by atoms with Crippen molar-refractivity contribution >= 4 is 91.7 Å². The largest absolute Gasteiger partial charge is 0.493 e. The van der Waals surface area contributed by atoms with Crippen molar-refractivity contribution in [1.29, 1.82) is 0 Å². The minimum atomic E-state index is -1.03.